The first-order valence-electron chi connectivity index (χ1n) is 10.2. The number of anilines is 1. The Kier molecular flexibility index (Phi) is 6.96. The van der Waals surface area contributed by atoms with Gasteiger partial charge >= 0.3 is 5.97 Å². The van der Waals surface area contributed by atoms with E-state index in [1.165, 1.54) is 16.2 Å². The van der Waals surface area contributed by atoms with E-state index in [1.54, 1.807) is 24.3 Å². The summed E-state index contributed by atoms with van der Waals surface area (Å²) in [5.41, 5.74) is 2.10. The van der Waals surface area contributed by atoms with Crippen LogP contribution in [0.1, 0.15) is 71.7 Å². The molecule has 0 fully saturated rings. The van der Waals surface area contributed by atoms with Crippen molar-refractivity contribution in [1.82, 2.24) is 0 Å². The van der Waals surface area contributed by atoms with Crippen molar-refractivity contribution in [2.75, 3.05) is 11.9 Å². The average molecular weight is 416 g/mol. The number of nitrogens with one attached hydrogen (secondary N) is 1. The van der Waals surface area contributed by atoms with Crippen molar-refractivity contribution < 1.29 is 19.1 Å². The zero-order valence-corrected chi connectivity index (χ0v) is 18.4. The molecule has 3 rings (SSSR count). The van der Waals surface area contributed by atoms with Gasteiger partial charge in [0.15, 0.2) is 0 Å². The van der Waals surface area contributed by atoms with Crippen molar-refractivity contribution in [3.8, 4) is 5.75 Å². The lowest BCUT2D eigenvalue weighted by Crippen LogP contribution is -2.18. The van der Waals surface area contributed by atoms with E-state index in [-0.39, 0.29) is 18.0 Å². The Balaban J connectivity index is 1.79. The number of hydrogen-bond donors (Lipinski definition) is 1. The predicted molar refractivity (Wildman–Crippen MR) is 116 cm³/mol. The molecular formula is C23H29NO4S. The summed E-state index contributed by atoms with van der Waals surface area (Å²) >= 11 is 1.50. The molecule has 0 aliphatic heterocycles. The second-order valence-corrected chi connectivity index (χ2v) is 9.16. The molecule has 29 heavy (non-hydrogen) atoms. The third-order valence-electron chi connectivity index (χ3n) is 4.65. The highest BCUT2D eigenvalue weighted by Crippen LogP contribution is 2.39. The fraction of sp³-hybridized carbons (Fsp3) is 0.478. The molecule has 0 saturated carbocycles. The molecule has 0 atom stereocenters. The van der Waals surface area contributed by atoms with Crippen LogP contribution in [0.4, 0.5) is 5.00 Å². The van der Waals surface area contributed by atoms with E-state index in [1.807, 2.05) is 13.8 Å². The number of fused-ring (bicyclic) bond motifs is 1. The van der Waals surface area contributed by atoms with E-state index in [0.717, 1.165) is 37.0 Å². The van der Waals surface area contributed by atoms with Crippen molar-refractivity contribution in [2.45, 2.75) is 59.5 Å². The largest absolute Gasteiger partial charge is 0.493 e. The van der Waals surface area contributed by atoms with Gasteiger partial charge in [-0.2, -0.15) is 0 Å². The van der Waals surface area contributed by atoms with Crippen molar-refractivity contribution in [3.05, 3.63) is 45.8 Å². The van der Waals surface area contributed by atoms with Gasteiger partial charge in [-0.05, 0) is 75.3 Å². The van der Waals surface area contributed by atoms with Crippen LogP contribution in [0.15, 0.2) is 24.3 Å². The van der Waals surface area contributed by atoms with Gasteiger partial charge in [-0.25, -0.2) is 4.79 Å². The van der Waals surface area contributed by atoms with E-state index < -0.39 is 0 Å². The third kappa shape index (κ3) is 5.38. The third-order valence-corrected chi connectivity index (χ3v) is 5.85. The van der Waals surface area contributed by atoms with Crippen LogP contribution in [0.3, 0.4) is 0 Å². The summed E-state index contributed by atoms with van der Waals surface area (Å²) in [6, 6.07) is 7.07. The van der Waals surface area contributed by atoms with Crippen LogP contribution in [0.2, 0.25) is 0 Å². The standard InChI is InChI=1S/C23H29NO4S/c1-14(2)13-27-17-11-9-16(10-12-17)21(25)24-22-20(23(26)28-15(3)4)18-7-5-6-8-19(18)29-22/h9-12,14-15H,5-8,13H2,1-4H3,(H,24,25). The maximum atomic E-state index is 12.8. The highest BCUT2D eigenvalue weighted by Gasteiger charge is 2.28. The van der Waals surface area contributed by atoms with Crippen LogP contribution in [0.5, 0.6) is 5.75 Å². The van der Waals surface area contributed by atoms with Gasteiger partial charge in [0.25, 0.3) is 5.91 Å². The maximum absolute atomic E-state index is 12.8. The van der Waals surface area contributed by atoms with Gasteiger partial charge < -0.3 is 14.8 Å². The van der Waals surface area contributed by atoms with Crippen molar-refractivity contribution >= 4 is 28.2 Å². The predicted octanol–water partition coefficient (Wildman–Crippen LogP) is 5.48. The first-order chi connectivity index (χ1) is 13.8. The molecule has 1 aliphatic carbocycles. The molecule has 1 aromatic carbocycles. The molecule has 0 spiro atoms. The molecule has 5 nitrogen and oxygen atoms in total. The molecule has 0 saturated heterocycles. The van der Waals surface area contributed by atoms with Gasteiger partial charge in [0, 0.05) is 10.4 Å². The maximum Gasteiger partial charge on any atom is 0.341 e. The fourth-order valence-electron chi connectivity index (χ4n) is 3.28. The lowest BCUT2D eigenvalue weighted by molar-refractivity contribution is 0.0378. The zero-order chi connectivity index (χ0) is 21.0. The smallest absolute Gasteiger partial charge is 0.341 e. The first-order valence-corrected chi connectivity index (χ1v) is 11.1. The molecule has 1 heterocycles. The van der Waals surface area contributed by atoms with E-state index in [2.05, 4.69) is 19.2 Å². The lowest BCUT2D eigenvalue weighted by atomic mass is 9.95. The molecule has 1 amide bonds. The number of carbonyl (C=O) groups is 2. The lowest BCUT2D eigenvalue weighted by Gasteiger charge is -2.14. The molecule has 0 radical (unpaired) electrons. The Bertz CT molecular complexity index is 868. The molecule has 1 aromatic heterocycles. The number of amides is 1. The summed E-state index contributed by atoms with van der Waals surface area (Å²) < 4.78 is 11.1. The molecule has 1 aliphatic rings. The second-order valence-electron chi connectivity index (χ2n) is 8.05. The number of carbonyl (C=O) groups excluding carboxylic acids is 2. The zero-order valence-electron chi connectivity index (χ0n) is 17.5. The number of esters is 1. The Hall–Kier alpha value is -2.34. The summed E-state index contributed by atoms with van der Waals surface area (Å²) in [4.78, 5) is 26.7. The van der Waals surface area contributed by atoms with E-state index in [9.17, 15) is 9.59 Å². The number of hydrogen-bond acceptors (Lipinski definition) is 5. The van der Waals surface area contributed by atoms with E-state index in [4.69, 9.17) is 9.47 Å². The Morgan fingerprint density at radius 3 is 2.41 bits per heavy atom. The molecule has 156 valence electrons. The summed E-state index contributed by atoms with van der Waals surface area (Å²) in [5.74, 6) is 0.583. The van der Waals surface area contributed by atoms with Gasteiger partial charge in [-0.3, -0.25) is 4.79 Å². The summed E-state index contributed by atoms with van der Waals surface area (Å²) in [5, 5.41) is 3.54. The topological polar surface area (TPSA) is 64.6 Å². The van der Waals surface area contributed by atoms with Gasteiger partial charge in [0.1, 0.15) is 10.8 Å². The Labute approximate surface area is 176 Å². The van der Waals surface area contributed by atoms with Crippen LogP contribution in [0.25, 0.3) is 0 Å². The Morgan fingerprint density at radius 1 is 1.07 bits per heavy atom. The number of aryl methyl sites for hydroxylation is 1. The van der Waals surface area contributed by atoms with Crippen LogP contribution < -0.4 is 10.1 Å². The van der Waals surface area contributed by atoms with Crippen LogP contribution in [-0.4, -0.2) is 24.6 Å². The van der Waals surface area contributed by atoms with Gasteiger partial charge in [-0.15, -0.1) is 11.3 Å². The van der Waals surface area contributed by atoms with Crippen molar-refractivity contribution in [2.24, 2.45) is 5.92 Å². The molecule has 0 unspecified atom stereocenters. The quantitative estimate of drug-likeness (QED) is 0.608. The average Bonchev–Trinajstić information content (AvgIpc) is 3.04. The first kappa shape index (κ1) is 21.4. The minimum atomic E-state index is -0.355. The van der Waals surface area contributed by atoms with E-state index >= 15 is 0 Å². The molecule has 1 N–H and O–H groups in total. The van der Waals surface area contributed by atoms with Crippen molar-refractivity contribution in [1.29, 1.82) is 0 Å². The summed E-state index contributed by atoms with van der Waals surface area (Å²) in [6.07, 6.45) is 3.75. The van der Waals surface area contributed by atoms with Crippen LogP contribution >= 0.6 is 11.3 Å². The highest BCUT2D eigenvalue weighted by atomic mass is 32.1. The fourth-order valence-corrected chi connectivity index (χ4v) is 4.56. The molecule has 0 bridgehead atoms. The normalized spacial score (nSPS) is 13.3. The van der Waals surface area contributed by atoms with Crippen LogP contribution in [-0.2, 0) is 17.6 Å². The minimum Gasteiger partial charge on any atom is -0.493 e. The SMILES string of the molecule is CC(C)COc1ccc(C(=O)Nc2sc3c(c2C(=O)OC(C)C)CCCC3)cc1. The molecule has 6 heteroatoms. The molecule has 2 aromatic rings. The number of rotatable bonds is 7. The number of benzene rings is 1. The van der Waals surface area contributed by atoms with Gasteiger partial charge in [0.05, 0.1) is 18.3 Å². The monoisotopic (exact) mass is 415 g/mol. The number of thiophene rings is 1. The summed E-state index contributed by atoms with van der Waals surface area (Å²) in [6.45, 7) is 8.47. The van der Waals surface area contributed by atoms with Crippen molar-refractivity contribution in [3.63, 3.8) is 0 Å². The van der Waals surface area contributed by atoms with Crippen LogP contribution in [0, 0.1) is 5.92 Å². The van der Waals surface area contributed by atoms with Gasteiger partial charge in [0.2, 0.25) is 0 Å². The Morgan fingerprint density at radius 2 is 1.76 bits per heavy atom. The molecular weight excluding hydrogens is 386 g/mol. The van der Waals surface area contributed by atoms with E-state index in [0.29, 0.717) is 28.7 Å². The number of ether oxygens (including phenoxy) is 2. The minimum absolute atomic E-state index is 0.205. The second kappa shape index (κ2) is 9.44. The highest BCUT2D eigenvalue weighted by molar-refractivity contribution is 7.17. The van der Waals surface area contributed by atoms with Gasteiger partial charge in [-0.1, -0.05) is 13.8 Å². The summed E-state index contributed by atoms with van der Waals surface area (Å²) in [7, 11) is 0.